The van der Waals surface area contributed by atoms with Crippen molar-refractivity contribution in [2.75, 3.05) is 25.0 Å². The Morgan fingerprint density at radius 2 is 1.92 bits per heavy atom. The molecule has 0 spiro atoms. The van der Waals surface area contributed by atoms with Gasteiger partial charge in [0.1, 0.15) is 11.6 Å². The molecule has 0 atom stereocenters. The van der Waals surface area contributed by atoms with Crippen molar-refractivity contribution in [3.05, 3.63) is 52.5 Å². The summed E-state index contributed by atoms with van der Waals surface area (Å²) in [6.45, 7) is 8.29. The molecular formula is C20H26N4O. The number of hydrogen-bond acceptors (Lipinski definition) is 4. The Morgan fingerprint density at radius 3 is 2.56 bits per heavy atom. The summed E-state index contributed by atoms with van der Waals surface area (Å²) in [6, 6.07) is 7.94. The van der Waals surface area contributed by atoms with Crippen molar-refractivity contribution in [1.29, 1.82) is 0 Å². The van der Waals surface area contributed by atoms with Crippen molar-refractivity contribution in [1.82, 2.24) is 14.9 Å². The molecule has 0 bridgehead atoms. The molecule has 2 heterocycles. The number of nitrogens with zero attached hydrogens (tertiary/aromatic N) is 4. The van der Waals surface area contributed by atoms with E-state index in [2.05, 4.69) is 28.7 Å². The zero-order valence-electron chi connectivity index (χ0n) is 15.5. The molecule has 25 heavy (non-hydrogen) atoms. The average Bonchev–Trinajstić information content (AvgIpc) is 2.65. The minimum atomic E-state index is 0.0824. The van der Waals surface area contributed by atoms with Crippen LogP contribution in [-0.2, 0) is 19.4 Å². The van der Waals surface area contributed by atoms with Gasteiger partial charge in [-0.25, -0.2) is 9.97 Å². The first-order chi connectivity index (χ1) is 12.0. The molecule has 1 aliphatic rings. The summed E-state index contributed by atoms with van der Waals surface area (Å²) >= 11 is 0. The topological polar surface area (TPSA) is 49.3 Å². The smallest absolute Gasteiger partial charge is 0.254 e. The molecule has 2 aromatic rings. The van der Waals surface area contributed by atoms with Gasteiger partial charge >= 0.3 is 0 Å². The molecule has 0 aliphatic carbocycles. The first-order valence-corrected chi connectivity index (χ1v) is 8.99. The molecule has 3 rings (SSSR count). The second-order valence-corrected chi connectivity index (χ2v) is 6.56. The van der Waals surface area contributed by atoms with Crippen molar-refractivity contribution in [3.8, 4) is 0 Å². The van der Waals surface area contributed by atoms with Gasteiger partial charge in [0, 0.05) is 37.7 Å². The van der Waals surface area contributed by atoms with Crippen LogP contribution in [0, 0.1) is 6.92 Å². The maximum Gasteiger partial charge on any atom is 0.254 e. The van der Waals surface area contributed by atoms with Crippen molar-refractivity contribution < 1.29 is 4.79 Å². The number of carbonyl (C=O) groups excluding carboxylic acids is 1. The summed E-state index contributed by atoms with van der Waals surface area (Å²) in [6.07, 6.45) is 1.76. The monoisotopic (exact) mass is 338 g/mol. The highest BCUT2D eigenvalue weighted by Crippen LogP contribution is 2.27. The van der Waals surface area contributed by atoms with Crippen LogP contribution in [0.5, 0.6) is 0 Å². The number of anilines is 1. The molecule has 0 saturated carbocycles. The molecule has 5 nitrogen and oxygen atoms in total. The van der Waals surface area contributed by atoms with Gasteiger partial charge < -0.3 is 9.80 Å². The molecule has 0 N–H and O–H groups in total. The lowest BCUT2D eigenvalue weighted by Gasteiger charge is -2.31. The lowest BCUT2D eigenvalue weighted by atomic mass is 10.0. The van der Waals surface area contributed by atoms with Crippen LogP contribution in [-0.4, -0.2) is 40.9 Å². The van der Waals surface area contributed by atoms with Gasteiger partial charge in [-0.15, -0.1) is 0 Å². The quantitative estimate of drug-likeness (QED) is 0.860. The van der Waals surface area contributed by atoms with Crippen LogP contribution in [0.4, 0.5) is 5.82 Å². The molecule has 0 radical (unpaired) electrons. The third-order valence-corrected chi connectivity index (χ3v) is 4.88. The summed E-state index contributed by atoms with van der Waals surface area (Å²) in [5.41, 5.74) is 4.16. The lowest BCUT2D eigenvalue weighted by molar-refractivity contribution is 0.0733. The van der Waals surface area contributed by atoms with E-state index in [0.717, 1.165) is 47.8 Å². The third-order valence-electron chi connectivity index (χ3n) is 4.88. The van der Waals surface area contributed by atoms with Crippen LogP contribution in [0.1, 0.15) is 46.9 Å². The molecule has 1 aromatic carbocycles. The summed E-state index contributed by atoms with van der Waals surface area (Å²) in [4.78, 5) is 26.2. The zero-order chi connectivity index (χ0) is 18.0. The van der Waals surface area contributed by atoms with Gasteiger partial charge in [-0.1, -0.05) is 19.1 Å². The molecule has 1 aromatic heterocycles. The Balaban J connectivity index is 1.87. The van der Waals surface area contributed by atoms with Gasteiger partial charge in [-0.2, -0.15) is 0 Å². The second-order valence-electron chi connectivity index (χ2n) is 6.56. The van der Waals surface area contributed by atoms with Crippen LogP contribution in [0.15, 0.2) is 24.3 Å². The molecule has 1 amide bonds. The fourth-order valence-electron chi connectivity index (χ4n) is 3.22. The molecule has 1 aliphatic heterocycles. The van der Waals surface area contributed by atoms with E-state index < -0.39 is 0 Å². The number of fused-ring (bicyclic) bond motifs is 1. The highest BCUT2D eigenvalue weighted by molar-refractivity contribution is 5.94. The number of amides is 1. The van der Waals surface area contributed by atoms with Crippen molar-refractivity contribution >= 4 is 11.7 Å². The third kappa shape index (κ3) is 3.50. The number of carbonyl (C=O) groups is 1. The number of benzene rings is 1. The predicted molar refractivity (Wildman–Crippen MR) is 100.0 cm³/mol. The van der Waals surface area contributed by atoms with Gasteiger partial charge in [0.05, 0.1) is 12.2 Å². The van der Waals surface area contributed by atoms with Gasteiger partial charge in [0.2, 0.25) is 0 Å². The summed E-state index contributed by atoms with van der Waals surface area (Å²) in [5.74, 6) is 1.83. The molecule has 0 saturated heterocycles. The van der Waals surface area contributed by atoms with Gasteiger partial charge in [0.25, 0.3) is 5.91 Å². The van der Waals surface area contributed by atoms with Gasteiger partial charge in [-0.3, -0.25) is 4.79 Å². The van der Waals surface area contributed by atoms with Crippen LogP contribution in [0.3, 0.4) is 0 Å². The molecule has 0 unspecified atom stereocenters. The maximum absolute atomic E-state index is 12.9. The van der Waals surface area contributed by atoms with Crippen LogP contribution >= 0.6 is 0 Å². The molecule has 0 fully saturated rings. The zero-order valence-corrected chi connectivity index (χ0v) is 15.5. The van der Waals surface area contributed by atoms with Crippen molar-refractivity contribution in [2.45, 2.75) is 40.2 Å². The van der Waals surface area contributed by atoms with Gasteiger partial charge in [0.15, 0.2) is 0 Å². The van der Waals surface area contributed by atoms with Crippen molar-refractivity contribution in [3.63, 3.8) is 0 Å². The standard InChI is InChI=1S/C20H26N4O/c1-5-15-7-9-16(10-8-15)20(25)24-12-11-18-17(13-24)19(23(4)6-2)22-14(3)21-18/h7-10H,5-6,11-13H2,1-4H3. The molecule has 132 valence electrons. The Morgan fingerprint density at radius 1 is 1.20 bits per heavy atom. The number of rotatable bonds is 4. The van der Waals surface area contributed by atoms with E-state index in [9.17, 15) is 4.79 Å². The maximum atomic E-state index is 12.9. The van der Waals surface area contributed by atoms with E-state index in [-0.39, 0.29) is 5.91 Å². The Kier molecular flexibility index (Phi) is 5.02. The Hall–Kier alpha value is -2.43. The predicted octanol–water partition coefficient (Wildman–Crippen LogP) is 3.00. The van der Waals surface area contributed by atoms with Gasteiger partial charge in [-0.05, 0) is 38.0 Å². The normalized spacial score (nSPS) is 13.5. The Labute approximate surface area is 149 Å². The highest BCUT2D eigenvalue weighted by Gasteiger charge is 2.26. The van der Waals surface area contributed by atoms with E-state index in [4.69, 9.17) is 0 Å². The van der Waals surface area contributed by atoms with E-state index in [0.29, 0.717) is 13.1 Å². The van der Waals surface area contributed by atoms with Crippen LogP contribution in [0.2, 0.25) is 0 Å². The average molecular weight is 338 g/mol. The van der Waals surface area contributed by atoms with E-state index in [1.165, 1.54) is 5.56 Å². The first-order valence-electron chi connectivity index (χ1n) is 8.99. The fourth-order valence-corrected chi connectivity index (χ4v) is 3.22. The minimum Gasteiger partial charge on any atom is -0.360 e. The summed E-state index contributed by atoms with van der Waals surface area (Å²) < 4.78 is 0. The van der Waals surface area contributed by atoms with Crippen LogP contribution < -0.4 is 4.90 Å². The summed E-state index contributed by atoms with van der Waals surface area (Å²) in [7, 11) is 2.03. The first kappa shape index (κ1) is 17.4. The van der Waals surface area contributed by atoms with E-state index in [1.54, 1.807) is 0 Å². The lowest BCUT2D eigenvalue weighted by Crippen LogP contribution is -2.38. The number of aromatic nitrogens is 2. The van der Waals surface area contributed by atoms with Crippen LogP contribution in [0.25, 0.3) is 0 Å². The fraction of sp³-hybridized carbons (Fsp3) is 0.450. The SMILES string of the molecule is CCc1ccc(C(=O)N2CCc3nc(C)nc(N(C)CC)c3C2)cc1. The number of aryl methyl sites for hydroxylation is 2. The minimum absolute atomic E-state index is 0.0824. The van der Waals surface area contributed by atoms with E-state index >= 15 is 0 Å². The number of hydrogen-bond donors (Lipinski definition) is 0. The highest BCUT2D eigenvalue weighted by atomic mass is 16.2. The summed E-state index contributed by atoms with van der Waals surface area (Å²) in [5, 5.41) is 0. The Bertz CT molecular complexity index is 770. The molecule has 5 heteroatoms. The van der Waals surface area contributed by atoms with E-state index in [1.807, 2.05) is 43.1 Å². The second kappa shape index (κ2) is 7.21. The van der Waals surface area contributed by atoms with Crippen molar-refractivity contribution in [2.24, 2.45) is 0 Å². The molecular weight excluding hydrogens is 312 g/mol. The largest absolute Gasteiger partial charge is 0.360 e.